The zero-order chi connectivity index (χ0) is 19.2. The molecule has 3 N–H and O–H groups in total. The third-order valence-electron chi connectivity index (χ3n) is 3.94. The van der Waals surface area contributed by atoms with E-state index in [1.54, 1.807) is 6.21 Å². The molecule has 1 aromatic heterocycles. The second kappa shape index (κ2) is 8.59. The molecule has 3 rings (SSSR count). The normalized spacial score (nSPS) is 11.1. The van der Waals surface area contributed by atoms with E-state index >= 15 is 0 Å². The molecule has 0 radical (unpaired) electrons. The SMILES string of the molecule is Cc1ccc(CSc2nnc(N/N=C/c3ccc(N(C)C)cc3)n2N)cc1. The van der Waals surface area contributed by atoms with Crippen LogP contribution < -0.4 is 16.2 Å². The van der Waals surface area contributed by atoms with Crippen molar-refractivity contribution in [1.82, 2.24) is 14.9 Å². The van der Waals surface area contributed by atoms with Gasteiger partial charge in [-0.25, -0.2) is 10.1 Å². The second-order valence-electron chi connectivity index (χ2n) is 6.31. The molecule has 0 atom stereocenters. The van der Waals surface area contributed by atoms with Crippen LogP contribution in [0.15, 0.2) is 58.8 Å². The number of hydrogen-bond acceptors (Lipinski definition) is 7. The Morgan fingerprint density at radius 1 is 1.11 bits per heavy atom. The van der Waals surface area contributed by atoms with E-state index in [-0.39, 0.29) is 0 Å². The fourth-order valence-electron chi connectivity index (χ4n) is 2.31. The van der Waals surface area contributed by atoms with Crippen molar-refractivity contribution in [3.63, 3.8) is 0 Å². The summed E-state index contributed by atoms with van der Waals surface area (Å²) in [5.74, 6) is 7.22. The topological polar surface area (TPSA) is 84.4 Å². The third kappa shape index (κ3) is 5.01. The minimum absolute atomic E-state index is 0.391. The summed E-state index contributed by atoms with van der Waals surface area (Å²) in [7, 11) is 4.01. The van der Waals surface area contributed by atoms with Crippen molar-refractivity contribution in [2.24, 2.45) is 5.10 Å². The number of thioether (sulfide) groups is 1. The molecule has 2 aromatic carbocycles. The Morgan fingerprint density at radius 2 is 1.81 bits per heavy atom. The maximum absolute atomic E-state index is 6.05. The lowest BCUT2D eigenvalue weighted by Crippen LogP contribution is -2.13. The van der Waals surface area contributed by atoms with E-state index < -0.39 is 0 Å². The molecule has 0 aliphatic rings. The van der Waals surface area contributed by atoms with Crippen molar-refractivity contribution in [1.29, 1.82) is 0 Å². The van der Waals surface area contributed by atoms with Crippen LogP contribution in [0.25, 0.3) is 0 Å². The van der Waals surface area contributed by atoms with Crippen LogP contribution in [0, 0.1) is 6.92 Å². The van der Waals surface area contributed by atoms with Gasteiger partial charge >= 0.3 is 0 Å². The molecule has 0 aliphatic heterocycles. The summed E-state index contributed by atoms with van der Waals surface area (Å²) < 4.78 is 1.41. The Hall–Kier alpha value is -3.00. The van der Waals surface area contributed by atoms with Gasteiger partial charge in [0.1, 0.15) is 0 Å². The summed E-state index contributed by atoms with van der Waals surface area (Å²) in [5, 5.41) is 13.0. The Morgan fingerprint density at radius 3 is 2.48 bits per heavy atom. The van der Waals surface area contributed by atoms with Crippen molar-refractivity contribution >= 4 is 29.6 Å². The van der Waals surface area contributed by atoms with Crippen LogP contribution in [0.2, 0.25) is 0 Å². The van der Waals surface area contributed by atoms with Gasteiger partial charge in [0.2, 0.25) is 5.16 Å². The average Bonchev–Trinajstić information content (AvgIpc) is 3.02. The van der Waals surface area contributed by atoms with Gasteiger partial charge in [-0.1, -0.05) is 53.7 Å². The Balaban J connectivity index is 1.57. The van der Waals surface area contributed by atoms with Gasteiger partial charge < -0.3 is 10.7 Å². The number of aromatic nitrogens is 3. The van der Waals surface area contributed by atoms with E-state index in [4.69, 9.17) is 5.84 Å². The predicted molar refractivity (Wildman–Crippen MR) is 113 cm³/mol. The highest BCUT2D eigenvalue weighted by Crippen LogP contribution is 2.21. The first kappa shape index (κ1) is 18.8. The van der Waals surface area contributed by atoms with E-state index in [1.807, 2.05) is 43.3 Å². The molecule has 0 saturated heterocycles. The van der Waals surface area contributed by atoms with Gasteiger partial charge in [-0.05, 0) is 30.2 Å². The van der Waals surface area contributed by atoms with E-state index in [0.717, 1.165) is 17.0 Å². The number of anilines is 2. The largest absolute Gasteiger partial charge is 0.378 e. The molecular formula is C19H23N7S. The number of nitrogens with zero attached hydrogens (tertiary/aromatic N) is 5. The van der Waals surface area contributed by atoms with Crippen LogP contribution in [0.1, 0.15) is 16.7 Å². The number of nitrogen functional groups attached to an aromatic ring is 1. The lowest BCUT2D eigenvalue weighted by atomic mass is 10.2. The molecular weight excluding hydrogens is 358 g/mol. The van der Waals surface area contributed by atoms with E-state index in [9.17, 15) is 0 Å². The lowest BCUT2D eigenvalue weighted by molar-refractivity contribution is 0.847. The maximum Gasteiger partial charge on any atom is 0.264 e. The van der Waals surface area contributed by atoms with Crippen molar-refractivity contribution in [3.05, 3.63) is 65.2 Å². The molecule has 0 amide bonds. The second-order valence-corrected chi connectivity index (χ2v) is 7.25. The highest BCUT2D eigenvalue weighted by molar-refractivity contribution is 7.98. The zero-order valence-corrected chi connectivity index (χ0v) is 16.4. The maximum atomic E-state index is 6.05. The standard InChI is InChI=1S/C19H23N7S/c1-14-4-6-16(7-5-14)13-27-19-24-23-18(26(19)20)22-21-12-15-8-10-17(11-9-15)25(2)3/h4-12H,13,20H2,1-3H3,(H,22,23)/b21-12+. The van der Waals surface area contributed by atoms with E-state index in [2.05, 4.69) is 51.9 Å². The number of aryl methyl sites for hydroxylation is 1. The molecule has 0 fully saturated rings. The average molecular weight is 382 g/mol. The molecule has 7 nitrogen and oxygen atoms in total. The molecule has 140 valence electrons. The van der Waals surface area contributed by atoms with Gasteiger partial charge in [0.05, 0.1) is 6.21 Å². The molecule has 27 heavy (non-hydrogen) atoms. The number of benzene rings is 2. The molecule has 3 aromatic rings. The van der Waals surface area contributed by atoms with Crippen molar-refractivity contribution in [2.75, 3.05) is 30.3 Å². The minimum Gasteiger partial charge on any atom is -0.378 e. The van der Waals surface area contributed by atoms with Crippen LogP contribution in [-0.4, -0.2) is 35.2 Å². The quantitative estimate of drug-likeness (QED) is 0.283. The number of hydrogen-bond donors (Lipinski definition) is 2. The summed E-state index contributed by atoms with van der Waals surface area (Å²) in [6, 6.07) is 16.5. The number of hydrazone groups is 1. The van der Waals surface area contributed by atoms with Gasteiger partial charge in [-0.15, -0.1) is 10.2 Å². The molecule has 0 aliphatic carbocycles. The summed E-state index contributed by atoms with van der Waals surface area (Å²) in [6.45, 7) is 2.07. The number of nitrogens with one attached hydrogen (secondary N) is 1. The summed E-state index contributed by atoms with van der Waals surface area (Å²) >= 11 is 1.53. The number of nitrogens with two attached hydrogens (primary N) is 1. The van der Waals surface area contributed by atoms with Gasteiger partial charge in [-0.3, -0.25) is 0 Å². The molecule has 0 bridgehead atoms. The van der Waals surface area contributed by atoms with Crippen LogP contribution in [0.3, 0.4) is 0 Å². The highest BCUT2D eigenvalue weighted by Gasteiger charge is 2.09. The van der Waals surface area contributed by atoms with Gasteiger partial charge in [0, 0.05) is 25.5 Å². The van der Waals surface area contributed by atoms with Crippen LogP contribution in [0.4, 0.5) is 11.6 Å². The number of rotatable bonds is 7. The van der Waals surface area contributed by atoms with Crippen molar-refractivity contribution in [3.8, 4) is 0 Å². The monoisotopic (exact) mass is 381 g/mol. The smallest absolute Gasteiger partial charge is 0.264 e. The fraction of sp³-hybridized carbons (Fsp3) is 0.211. The predicted octanol–water partition coefficient (Wildman–Crippen LogP) is 3.10. The molecule has 8 heteroatoms. The van der Waals surface area contributed by atoms with Crippen molar-refractivity contribution in [2.45, 2.75) is 17.8 Å². The highest BCUT2D eigenvalue weighted by atomic mass is 32.2. The van der Waals surface area contributed by atoms with Gasteiger partial charge in [0.25, 0.3) is 5.95 Å². The third-order valence-corrected chi connectivity index (χ3v) is 4.95. The summed E-state index contributed by atoms with van der Waals surface area (Å²) in [4.78, 5) is 2.05. The summed E-state index contributed by atoms with van der Waals surface area (Å²) in [5.41, 5.74) is 7.40. The summed E-state index contributed by atoms with van der Waals surface area (Å²) in [6.07, 6.45) is 1.72. The fourth-order valence-corrected chi connectivity index (χ4v) is 3.12. The first-order chi connectivity index (χ1) is 13.0. The zero-order valence-electron chi connectivity index (χ0n) is 15.6. The minimum atomic E-state index is 0.391. The van der Waals surface area contributed by atoms with Crippen LogP contribution in [-0.2, 0) is 5.75 Å². The first-order valence-corrected chi connectivity index (χ1v) is 9.47. The first-order valence-electron chi connectivity index (χ1n) is 8.48. The lowest BCUT2D eigenvalue weighted by Gasteiger charge is -2.11. The Bertz CT molecular complexity index is 899. The van der Waals surface area contributed by atoms with E-state index in [1.165, 1.54) is 27.6 Å². The van der Waals surface area contributed by atoms with E-state index in [0.29, 0.717) is 11.1 Å². The van der Waals surface area contributed by atoms with Crippen molar-refractivity contribution < 1.29 is 0 Å². The van der Waals surface area contributed by atoms with Crippen LogP contribution >= 0.6 is 11.8 Å². The molecule has 0 unspecified atom stereocenters. The van der Waals surface area contributed by atoms with Crippen LogP contribution in [0.5, 0.6) is 0 Å². The molecule has 1 heterocycles. The van der Waals surface area contributed by atoms with Gasteiger partial charge in [-0.2, -0.15) is 5.10 Å². The molecule has 0 spiro atoms. The Kier molecular flexibility index (Phi) is 5.97. The molecule has 0 saturated carbocycles. The van der Waals surface area contributed by atoms with Gasteiger partial charge in [0.15, 0.2) is 0 Å². The Labute approximate surface area is 163 Å².